The molecule has 39 heavy (non-hydrogen) atoms. The molecule has 0 spiro atoms. The highest BCUT2D eigenvalue weighted by molar-refractivity contribution is 6.31. The van der Waals surface area contributed by atoms with Crippen LogP contribution < -0.4 is 16.4 Å². The Balaban J connectivity index is 1.75. The van der Waals surface area contributed by atoms with Crippen LogP contribution >= 0.6 is 11.6 Å². The van der Waals surface area contributed by atoms with E-state index < -0.39 is 52.6 Å². The zero-order valence-electron chi connectivity index (χ0n) is 19.6. The van der Waals surface area contributed by atoms with Crippen LogP contribution in [-0.4, -0.2) is 16.8 Å². The number of nitrogen functional groups attached to an aromatic ring is 1. The molecule has 6 nitrogen and oxygen atoms in total. The van der Waals surface area contributed by atoms with Crippen molar-refractivity contribution >= 4 is 45.7 Å². The average molecular weight is 565 g/mol. The number of rotatable bonds is 3. The molecule has 3 aromatic carbocycles. The van der Waals surface area contributed by atoms with E-state index in [1.807, 2.05) is 0 Å². The summed E-state index contributed by atoms with van der Waals surface area (Å²) in [7, 11) is 0. The Hall–Kier alpha value is -4.32. The number of carbonyl (C=O) groups excluding carboxylic acids is 2. The summed E-state index contributed by atoms with van der Waals surface area (Å²) < 4.78 is 83.1. The van der Waals surface area contributed by atoms with Crippen molar-refractivity contribution in [3.63, 3.8) is 0 Å². The van der Waals surface area contributed by atoms with Gasteiger partial charge in [-0.1, -0.05) is 11.6 Å². The van der Waals surface area contributed by atoms with Crippen molar-refractivity contribution in [3.8, 4) is 0 Å². The van der Waals surface area contributed by atoms with Crippen LogP contribution in [0.1, 0.15) is 49.1 Å². The predicted octanol–water partition coefficient (Wildman–Crippen LogP) is 6.30. The second-order valence-electron chi connectivity index (χ2n) is 8.78. The summed E-state index contributed by atoms with van der Waals surface area (Å²) >= 11 is 6.26. The van der Waals surface area contributed by atoms with Crippen LogP contribution in [0, 0.1) is 24.4 Å². The van der Waals surface area contributed by atoms with Gasteiger partial charge < -0.3 is 16.4 Å². The number of carbonyl (C=O) groups is 2. The zero-order chi connectivity index (χ0) is 28.4. The topological polar surface area (TPSA) is 97.1 Å². The highest BCUT2D eigenvalue weighted by Gasteiger charge is 2.38. The van der Waals surface area contributed by atoms with Crippen LogP contribution in [0.15, 0.2) is 42.5 Å². The summed E-state index contributed by atoms with van der Waals surface area (Å²) in [6.07, 6.45) is -4.94. The van der Waals surface area contributed by atoms with Gasteiger partial charge in [-0.2, -0.15) is 13.2 Å². The van der Waals surface area contributed by atoms with Crippen LogP contribution in [0.3, 0.4) is 0 Å². The summed E-state index contributed by atoms with van der Waals surface area (Å²) in [5.74, 6) is -5.10. The van der Waals surface area contributed by atoms with Crippen LogP contribution in [0.5, 0.6) is 0 Å². The van der Waals surface area contributed by atoms with Crippen molar-refractivity contribution < 1.29 is 35.9 Å². The van der Waals surface area contributed by atoms with Crippen molar-refractivity contribution in [2.24, 2.45) is 0 Å². The Morgan fingerprint density at radius 2 is 1.79 bits per heavy atom. The van der Waals surface area contributed by atoms with E-state index in [1.165, 1.54) is 19.1 Å². The van der Waals surface area contributed by atoms with Gasteiger partial charge in [0.05, 0.1) is 22.9 Å². The first-order valence-corrected chi connectivity index (χ1v) is 11.5. The lowest BCUT2D eigenvalue weighted by atomic mass is 9.92. The molecule has 1 aliphatic heterocycles. The fraction of sp³-hybridized carbons (Fsp3) is 0.115. The highest BCUT2D eigenvalue weighted by atomic mass is 35.5. The van der Waals surface area contributed by atoms with Gasteiger partial charge in [0.2, 0.25) is 0 Å². The molecule has 0 bridgehead atoms. The fourth-order valence-corrected chi connectivity index (χ4v) is 4.79. The van der Waals surface area contributed by atoms with E-state index in [-0.39, 0.29) is 55.8 Å². The molecule has 0 fully saturated rings. The SMILES string of the molecule is Cc1nc(N)c2cc(NC(=O)c3cc(F)cc(C(F)(F)F)c3)c3c(c2c1F)C(=O)NC3c1cc(F)ccc1Cl. The van der Waals surface area contributed by atoms with Gasteiger partial charge in [-0.05, 0) is 49.4 Å². The second kappa shape index (κ2) is 9.16. The molecule has 0 saturated carbocycles. The third kappa shape index (κ3) is 4.50. The number of anilines is 2. The van der Waals surface area contributed by atoms with Gasteiger partial charge in [0.1, 0.15) is 17.5 Å². The molecule has 1 atom stereocenters. The molecule has 5 rings (SSSR count). The van der Waals surface area contributed by atoms with Crippen LogP contribution in [0.25, 0.3) is 10.8 Å². The minimum Gasteiger partial charge on any atom is -0.383 e. The third-order valence-corrected chi connectivity index (χ3v) is 6.61. The zero-order valence-corrected chi connectivity index (χ0v) is 20.4. The van der Waals surface area contributed by atoms with Crippen molar-refractivity contribution in [1.82, 2.24) is 10.3 Å². The largest absolute Gasteiger partial charge is 0.416 e. The van der Waals surface area contributed by atoms with E-state index in [4.69, 9.17) is 17.3 Å². The van der Waals surface area contributed by atoms with Crippen molar-refractivity contribution in [2.45, 2.75) is 19.1 Å². The predicted molar refractivity (Wildman–Crippen MR) is 131 cm³/mol. The standard InChI is InChI=1S/C26H15ClF6N4O2/c1-9-21(30)18-15(23(34)35-9)8-17(36-24(38)10-4-11(26(31,32)33)6-13(29)5-10)19-20(18)25(39)37-22(19)14-7-12(28)2-3-16(14)27/h2-8,22H,1H3,(H2,34,35)(H,36,38)(H,37,39). The molecule has 1 aromatic heterocycles. The number of nitrogens with two attached hydrogens (primary N) is 1. The summed E-state index contributed by atoms with van der Waals surface area (Å²) in [6.45, 7) is 1.32. The van der Waals surface area contributed by atoms with Gasteiger partial charge in [-0.25, -0.2) is 18.2 Å². The number of amides is 2. The molecule has 2 amide bonds. The average Bonchev–Trinajstić information content (AvgIpc) is 3.20. The lowest BCUT2D eigenvalue weighted by Gasteiger charge is -2.20. The fourth-order valence-electron chi connectivity index (χ4n) is 4.56. The first-order valence-electron chi connectivity index (χ1n) is 11.1. The molecule has 0 aliphatic carbocycles. The number of halogens is 7. The Bertz CT molecular complexity index is 1720. The molecule has 200 valence electrons. The summed E-state index contributed by atoms with van der Waals surface area (Å²) in [5, 5.41) is 4.65. The number of alkyl halides is 3. The first-order chi connectivity index (χ1) is 18.3. The number of hydrogen-bond donors (Lipinski definition) is 3. The van der Waals surface area contributed by atoms with Crippen molar-refractivity contribution in [3.05, 3.63) is 98.5 Å². The molecule has 2 heterocycles. The van der Waals surface area contributed by atoms with Gasteiger partial charge >= 0.3 is 6.18 Å². The Morgan fingerprint density at radius 1 is 1.08 bits per heavy atom. The lowest BCUT2D eigenvalue weighted by molar-refractivity contribution is -0.137. The van der Waals surface area contributed by atoms with Crippen LogP contribution in [0.2, 0.25) is 5.02 Å². The van der Waals surface area contributed by atoms with E-state index in [0.29, 0.717) is 12.1 Å². The number of nitrogens with zero attached hydrogens (tertiary/aromatic N) is 1. The van der Waals surface area contributed by atoms with E-state index in [2.05, 4.69) is 15.6 Å². The molecule has 1 aliphatic rings. The number of pyridine rings is 1. The van der Waals surface area contributed by atoms with Gasteiger partial charge in [0.25, 0.3) is 11.8 Å². The second-order valence-corrected chi connectivity index (χ2v) is 9.19. The smallest absolute Gasteiger partial charge is 0.383 e. The van der Waals surface area contributed by atoms with E-state index in [9.17, 15) is 31.5 Å². The Morgan fingerprint density at radius 3 is 2.49 bits per heavy atom. The molecule has 1 unspecified atom stereocenters. The summed E-state index contributed by atoms with van der Waals surface area (Å²) in [4.78, 5) is 30.2. The maximum atomic E-state index is 15.3. The van der Waals surface area contributed by atoms with E-state index >= 15 is 4.39 Å². The number of nitrogens with one attached hydrogen (secondary N) is 2. The van der Waals surface area contributed by atoms with E-state index in [0.717, 1.165) is 12.1 Å². The van der Waals surface area contributed by atoms with Gasteiger partial charge in [-0.15, -0.1) is 0 Å². The highest BCUT2D eigenvalue weighted by Crippen LogP contribution is 2.44. The minimum absolute atomic E-state index is 0.0257. The molecule has 0 saturated heterocycles. The molecular weight excluding hydrogens is 550 g/mol. The number of hydrogen-bond acceptors (Lipinski definition) is 4. The van der Waals surface area contributed by atoms with Crippen molar-refractivity contribution in [2.75, 3.05) is 11.1 Å². The van der Waals surface area contributed by atoms with Crippen molar-refractivity contribution in [1.29, 1.82) is 0 Å². The van der Waals surface area contributed by atoms with Gasteiger partial charge in [0, 0.05) is 38.2 Å². The number of benzene rings is 3. The monoisotopic (exact) mass is 564 g/mol. The van der Waals surface area contributed by atoms with Gasteiger partial charge in [-0.3, -0.25) is 9.59 Å². The first kappa shape index (κ1) is 26.3. The maximum absolute atomic E-state index is 15.3. The Labute approximate surface area is 220 Å². The summed E-state index contributed by atoms with van der Waals surface area (Å²) in [5.41, 5.74) is 3.32. The maximum Gasteiger partial charge on any atom is 0.416 e. The number of fused-ring (bicyclic) bond motifs is 3. The molecule has 0 radical (unpaired) electrons. The molecule has 4 aromatic rings. The van der Waals surface area contributed by atoms with Crippen LogP contribution in [0.4, 0.5) is 37.8 Å². The third-order valence-electron chi connectivity index (χ3n) is 6.26. The number of aromatic nitrogens is 1. The lowest BCUT2D eigenvalue weighted by Crippen LogP contribution is -2.21. The van der Waals surface area contributed by atoms with E-state index in [1.54, 1.807) is 0 Å². The molecule has 4 N–H and O–H groups in total. The molecule has 13 heteroatoms. The number of aryl methyl sites for hydroxylation is 1. The molecular formula is C26H15ClF6N4O2. The van der Waals surface area contributed by atoms with Gasteiger partial charge in [0.15, 0.2) is 5.82 Å². The van der Waals surface area contributed by atoms with Crippen LogP contribution in [-0.2, 0) is 6.18 Å². The normalized spacial score (nSPS) is 14.9. The summed E-state index contributed by atoms with van der Waals surface area (Å²) in [6, 6.07) is 4.58. The quantitative estimate of drug-likeness (QED) is 0.254. The minimum atomic E-state index is -4.94. The Kier molecular flexibility index (Phi) is 6.17.